The first kappa shape index (κ1) is 18.5. The molecule has 0 saturated carbocycles. The molecule has 134 valence electrons. The van der Waals surface area contributed by atoms with Crippen LogP contribution in [0.1, 0.15) is 11.1 Å². The first-order chi connectivity index (χ1) is 12.2. The van der Waals surface area contributed by atoms with Gasteiger partial charge >= 0.3 is 6.18 Å². The molecule has 0 bridgehead atoms. The lowest BCUT2D eigenvalue weighted by Crippen LogP contribution is -2.19. The fraction of sp³-hybridized carbons (Fsp3) is 0.0588. The van der Waals surface area contributed by atoms with Crippen molar-refractivity contribution in [3.63, 3.8) is 0 Å². The molecule has 1 N–H and O–H groups in total. The first-order valence-corrected chi connectivity index (χ1v) is 8.34. The summed E-state index contributed by atoms with van der Waals surface area (Å²) < 4.78 is 51.3. The van der Waals surface area contributed by atoms with Gasteiger partial charge in [0.1, 0.15) is 5.82 Å². The molecule has 26 heavy (non-hydrogen) atoms. The minimum Gasteiger partial charge on any atom is -0.300 e. The summed E-state index contributed by atoms with van der Waals surface area (Å²) in [5.41, 5.74) is -0.396. The lowest BCUT2D eigenvalue weighted by Gasteiger charge is -2.08. The number of hydrogen-bond donors (Lipinski definition) is 1. The fourth-order valence-electron chi connectivity index (χ4n) is 2.07. The Balaban J connectivity index is 1.88. The second-order valence-corrected chi connectivity index (χ2v) is 6.64. The number of amidine groups is 1. The molecule has 1 aliphatic rings. The summed E-state index contributed by atoms with van der Waals surface area (Å²) >= 11 is 6.85. The number of nitrogens with one attached hydrogen (secondary N) is 1. The van der Waals surface area contributed by atoms with Crippen LogP contribution in [0.25, 0.3) is 6.08 Å². The van der Waals surface area contributed by atoms with Crippen molar-refractivity contribution in [2.24, 2.45) is 4.99 Å². The number of aliphatic imine (C=N–C) groups is 1. The molecule has 1 saturated heterocycles. The summed E-state index contributed by atoms with van der Waals surface area (Å²) in [6.45, 7) is 0. The number of carbonyl (C=O) groups excluding carboxylic acids is 1. The van der Waals surface area contributed by atoms with E-state index in [1.54, 1.807) is 0 Å². The van der Waals surface area contributed by atoms with E-state index < -0.39 is 23.5 Å². The highest BCUT2D eigenvalue weighted by molar-refractivity contribution is 8.18. The van der Waals surface area contributed by atoms with Gasteiger partial charge in [-0.3, -0.25) is 4.79 Å². The Morgan fingerprint density at radius 3 is 2.46 bits per heavy atom. The molecule has 1 heterocycles. The van der Waals surface area contributed by atoms with Gasteiger partial charge in [-0.15, -0.1) is 0 Å². The van der Waals surface area contributed by atoms with Gasteiger partial charge in [-0.2, -0.15) is 13.2 Å². The second-order valence-electron chi connectivity index (χ2n) is 5.20. The monoisotopic (exact) mass is 400 g/mol. The summed E-state index contributed by atoms with van der Waals surface area (Å²) in [5, 5.41) is 2.59. The van der Waals surface area contributed by atoms with E-state index in [1.807, 2.05) is 0 Å². The minimum absolute atomic E-state index is 0.0244. The topological polar surface area (TPSA) is 41.5 Å². The highest BCUT2D eigenvalue weighted by Crippen LogP contribution is 2.36. The maximum absolute atomic E-state index is 12.9. The van der Waals surface area contributed by atoms with E-state index in [2.05, 4.69) is 10.3 Å². The Labute approximate surface area is 154 Å². The third-order valence-electron chi connectivity index (χ3n) is 3.31. The largest absolute Gasteiger partial charge is 0.416 e. The molecule has 0 spiro atoms. The van der Waals surface area contributed by atoms with E-state index in [4.69, 9.17) is 11.6 Å². The van der Waals surface area contributed by atoms with E-state index in [9.17, 15) is 22.4 Å². The van der Waals surface area contributed by atoms with Crippen LogP contribution in [0.15, 0.2) is 52.4 Å². The van der Waals surface area contributed by atoms with Crippen molar-refractivity contribution >= 4 is 46.2 Å². The number of amides is 1. The van der Waals surface area contributed by atoms with E-state index in [0.717, 1.165) is 30.0 Å². The molecule has 0 unspecified atom stereocenters. The van der Waals surface area contributed by atoms with E-state index in [1.165, 1.54) is 30.3 Å². The van der Waals surface area contributed by atoms with Crippen molar-refractivity contribution in [2.45, 2.75) is 6.18 Å². The van der Waals surface area contributed by atoms with Crippen molar-refractivity contribution in [1.82, 2.24) is 5.32 Å². The molecular formula is C17H9ClF4N2OS. The first-order valence-electron chi connectivity index (χ1n) is 7.14. The molecule has 1 amide bonds. The average molecular weight is 401 g/mol. The molecule has 0 radical (unpaired) electrons. The van der Waals surface area contributed by atoms with Gasteiger partial charge in [-0.1, -0.05) is 23.7 Å². The van der Waals surface area contributed by atoms with Crippen LogP contribution in [0.2, 0.25) is 5.02 Å². The van der Waals surface area contributed by atoms with Crippen LogP contribution in [0.4, 0.5) is 23.2 Å². The molecule has 1 fully saturated rings. The van der Waals surface area contributed by atoms with Gasteiger partial charge in [0.25, 0.3) is 5.91 Å². The second kappa shape index (κ2) is 7.13. The maximum Gasteiger partial charge on any atom is 0.416 e. The van der Waals surface area contributed by atoms with Crippen LogP contribution in [-0.4, -0.2) is 11.1 Å². The minimum atomic E-state index is -4.53. The van der Waals surface area contributed by atoms with Crippen LogP contribution in [0, 0.1) is 5.82 Å². The maximum atomic E-state index is 12.9. The quantitative estimate of drug-likeness (QED) is 0.542. The van der Waals surface area contributed by atoms with Crippen molar-refractivity contribution in [1.29, 1.82) is 0 Å². The molecule has 2 aromatic rings. The molecule has 1 aliphatic heterocycles. The summed E-state index contributed by atoms with van der Waals surface area (Å²) in [4.78, 5) is 16.3. The molecule has 0 aliphatic carbocycles. The van der Waals surface area contributed by atoms with E-state index in [0.29, 0.717) is 5.56 Å². The van der Waals surface area contributed by atoms with Gasteiger partial charge in [0, 0.05) is 0 Å². The zero-order valence-electron chi connectivity index (χ0n) is 12.8. The summed E-state index contributed by atoms with van der Waals surface area (Å²) in [6, 6.07) is 8.25. The highest BCUT2D eigenvalue weighted by atomic mass is 35.5. The number of alkyl halides is 3. The van der Waals surface area contributed by atoms with E-state index in [-0.39, 0.29) is 20.8 Å². The van der Waals surface area contributed by atoms with Crippen molar-refractivity contribution in [3.05, 3.63) is 69.3 Å². The number of rotatable bonds is 2. The Hall–Kier alpha value is -2.32. The van der Waals surface area contributed by atoms with Crippen LogP contribution in [0.3, 0.4) is 0 Å². The zero-order valence-corrected chi connectivity index (χ0v) is 14.3. The normalized spacial score (nSPS) is 17.8. The SMILES string of the molecule is O=C1NC(=Nc2cc(C(F)(F)F)ccc2Cl)S/C1=C\c1ccc(F)cc1. The van der Waals surface area contributed by atoms with Gasteiger partial charge < -0.3 is 5.32 Å². The predicted molar refractivity (Wildman–Crippen MR) is 93.7 cm³/mol. The average Bonchev–Trinajstić information content (AvgIpc) is 2.90. The number of thioether (sulfide) groups is 1. The lowest BCUT2D eigenvalue weighted by atomic mass is 10.2. The predicted octanol–water partition coefficient (Wildman–Crippen LogP) is 5.39. The van der Waals surface area contributed by atoms with Gasteiger partial charge in [-0.05, 0) is 53.7 Å². The van der Waals surface area contributed by atoms with Gasteiger partial charge in [-0.25, -0.2) is 9.38 Å². The molecule has 3 nitrogen and oxygen atoms in total. The Bertz CT molecular complexity index is 923. The Morgan fingerprint density at radius 2 is 1.81 bits per heavy atom. The van der Waals surface area contributed by atoms with Crippen molar-refractivity contribution in [2.75, 3.05) is 0 Å². The third kappa shape index (κ3) is 4.25. The van der Waals surface area contributed by atoms with Crippen molar-refractivity contribution in [3.8, 4) is 0 Å². The number of hydrogen-bond acceptors (Lipinski definition) is 3. The number of carbonyl (C=O) groups is 1. The highest BCUT2D eigenvalue weighted by Gasteiger charge is 2.31. The van der Waals surface area contributed by atoms with Crippen LogP contribution < -0.4 is 5.32 Å². The smallest absolute Gasteiger partial charge is 0.300 e. The summed E-state index contributed by atoms with van der Waals surface area (Å²) in [5.74, 6) is -0.863. The molecule has 0 aromatic heterocycles. The lowest BCUT2D eigenvalue weighted by molar-refractivity contribution is -0.137. The molecule has 2 aromatic carbocycles. The van der Waals surface area contributed by atoms with Crippen LogP contribution >= 0.6 is 23.4 Å². The summed E-state index contributed by atoms with van der Waals surface area (Å²) in [6.07, 6.45) is -3.01. The van der Waals surface area contributed by atoms with Crippen molar-refractivity contribution < 1.29 is 22.4 Å². The number of benzene rings is 2. The van der Waals surface area contributed by atoms with Gasteiger partial charge in [0.2, 0.25) is 0 Å². The molecular weight excluding hydrogens is 392 g/mol. The number of nitrogens with zero attached hydrogens (tertiary/aromatic N) is 1. The van der Waals surface area contributed by atoms with E-state index >= 15 is 0 Å². The third-order valence-corrected chi connectivity index (χ3v) is 4.54. The Kier molecular flexibility index (Phi) is 5.06. The standard InChI is InChI=1S/C17H9ClF4N2OS/c18-12-6-3-10(17(20,21)22)8-13(12)23-16-24-15(25)14(26-16)7-9-1-4-11(19)5-2-9/h1-8H,(H,23,24,25)/b14-7-. The molecule has 3 rings (SSSR count). The molecule has 0 atom stereocenters. The molecule has 9 heteroatoms. The Morgan fingerprint density at radius 1 is 1.12 bits per heavy atom. The van der Waals surface area contributed by atoms with Crippen LogP contribution in [0.5, 0.6) is 0 Å². The summed E-state index contributed by atoms with van der Waals surface area (Å²) in [7, 11) is 0. The van der Waals surface area contributed by atoms with Crippen LogP contribution in [-0.2, 0) is 11.0 Å². The zero-order chi connectivity index (χ0) is 18.9. The van der Waals surface area contributed by atoms with Gasteiger partial charge in [0.15, 0.2) is 5.17 Å². The number of halogens is 5. The van der Waals surface area contributed by atoms with Gasteiger partial charge in [0.05, 0.1) is 21.2 Å². The fourth-order valence-corrected chi connectivity index (χ4v) is 3.07.